The summed E-state index contributed by atoms with van der Waals surface area (Å²) >= 11 is 0. The number of guanidine groups is 1. The number of nitrogens with one attached hydrogen (secondary N) is 2. The highest BCUT2D eigenvalue weighted by atomic mass is 127. The number of aromatic nitrogens is 3. The molecule has 0 aliphatic heterocycles. The zero-order valence-electron chi connectivity index (χ0n) is 18.1. The Morgan fingerprint density at radius 3 is 2.83 bits per heavy atom. The molecule has 2 aliphatic carbocycles. The van der Waals surface area contributed by atoms with Crippen LogP contribution in [0.3, 0.4) is 0 Å². The average molecular weight is 526 g/mol. The lowest BCUT2D eigenvalue weighted by atomic mass is 9.55. The van der Waals surface area contributed by atoms with Crippen molar-refractivity contribution in [2.75, 3.05) is 19.7 Å². The van der Waals surface area contributed by atoms with E-state index in [4.69, 9.17) is 9.73 Å². The van der Waals surface area contributed by atoms with Crippen LogP contribution < -0.4 is 10.6 Å². The van der Waals surface area contributed by atoms with Crippen LogP contribution in [-0.2, 0) is 11.2 Å². The number of nitrogens with zero attached hydrogens (tertiary/aromatic N) is 4. The van der Waals surface area contributed by atoms with Crippen LogP contribution in [0.1, 0.15) is 58.2 Å². The van der Waals surface area contributed by atoms with Crippen molar-refractivity contribution < 1.29 is 4.74 Å². The molecule has 2 unspecified atom stereocenters. The second-order valence-corrected chi connectivity index (χ2v) is 8.23. The molecular formula is C22H35IN6O. The lowest BCUT2D eigenvalue weighted by molar-refractivity contribution is -0.145. The van der Waals surface area contributed by atoms with E-state index in [0.717, 1.165) is 43.4 Å². The van der Waals surface area contributed by atoms with Crippen LogP contribution in [0.5, 0.6) is 0 Å². The van der Waals surface area contributed by atoms with Crippen molar-refractivity contribution in [3.05, 3.63) is 30.2 Å². The fourth-order valence-corrected chi connectivity index (χ4v) is 5.08. The van der Waals surface area contributed by atoms with Gasteiger partial charge in [0.05, 0.1) is 6.10 Å². The molecule has 2 aromatic rings. The highest BCUT2D eigenvalue weighted by Gasteiger charge is 2.55. The summed E-state index contributed by atoms with van der Waals surface area (Å²) < 4.78 is 8.13. The molecule has 2 fully saturated rings. The van der Waals surface area contributed by atoms with E-state index in [1.807, 2.05) is 28.8 Å². The van der Waals surface area contributed by atoms with Crippen molar-refractivity contribution in [1.82, 2.24) is 25.2 Å². The molecule has 2 atom stereocenters. The van der Waals surface area contributed by atoms with Gasteiger partial charge in [-0.15, -0.1) is 34.2 Å². The largest absolute Gasteiger partial charge is 0.378 e. The molecule has 30 heavy (non-hydrogen) atoms. The number of pyridine rings is 1. The first kappa shape index (κ1) is 23.2. The monoisotopic (exact) mass is 526 g/mol. The van der Waals surface area contributed by atoms with Gasteiger partial charge in [-0.3, -0.25) is 9.39 Å². The van der Waals surface area contributed by atoms with Crippen LogP contribution in [-0.4, -0.2) is 52.4 Å². The van der Waals surface area contributed by atoms with E-state index in [-0.39, 0.29) is 29.4 Å². The van der Waals surface area contributed by atoms with Crippen LogP contribution >= 0.6 is 24.0 Å². The van der Waals surface area contributed by atoms with Gasteiger partial charge in [-0.05, 0) is 45.2 Å². The van der Waals surface area contributed by atoms with E-state index in [1.165, 1.54) is 32.1 Å². The normalized spacial score (nSPS) is 23.1. The summed E-state index contributed by atoms with van der Waals surface area (Å²) in [4.78, 5) is 4.84. The summed E-state index contributed by atoms with van der Waals surface area (Å²) in [5.41, 5.74) is 1.17. The molecule has 0 amide bonds. The van der Waals surface area contributed by atoms with Gasteiger partial charge < -0.3 is 15.4 Å². The molecular weight excluding hydrogens is 491 g/mol. The van der Waals surface area contributed by atoms with Crippen molar-refractivity contribution in [1.29, 1.82) is 0 Å². The second-order valence-electron chi connectivity index (χ2n) is 8.23. The molecule has 8 heteroatoms. The van der Waals surface area contributed by atoms with Gasteiger partial charge in [-0.1, -0.05) is 25.3 Å². The predicted molar refractivity (Wildman–Crippen MR) is 131 cm³/mol. The van der Waals surface area contributed by atoms with Crippen molar-refractivity contribution in [2.24, 2.45) is 10.4 Å². The number of aliphatic imine (C=N–C) groups is 1. The molecule has 166 valence electrons. The lowest BCUT2D eigenvalue weighted by Crippen LogP contribution is -2.66. The van der Waals surface area contributed by atoms with Gasteiger partial charge in [0, 0.05) is 43.8 Å². The molecule has 0 aromatic carbocycles. The van der Waals surface area contributed by atoms with E-state index < -0.39 is 0 Å². The Kier molecular flexibility index (Phi) is 8.33. The van der Waals surface area contributed by atoms with Gasteiger partial charge in [-0.25, -0.2) is 0 Å². The van der Waals surface area contributed by atoms with Crippen molar-refractivity contribution in [3.63, 3.8) is 0 Å². The maximum absolute atomic E-state index is 6.10. The van der Waals surface area contributed by atoms with E-state index in [2.05, 4.69) is 34.7 Å². The molecule has 4 rings (SSSR count). The van der Waals surface area contributed by atoms with Crippen molar-refractivity contribution in [3.8, 4) is 0 Å². The Bertz CT molecular complexity index is 832. The van der Waals surface area contributed by atoms with Crippen LogP contribution in [0, 0.1) is 5.41 Å². The fraction of sp³-hybridized carbons (Fsp3) is 0.682. The van der Waals surface area contributed by atoms with Crippen LogP contribution in [0.2, 0.25) is 0 Å². The fourth-order valence-electron chi connectivity index (χ4n) is 5.08. The maximum atomic E-state index is 6.10. The minimum Gasteiger partial charge on any atom is -0.378 e. The first-order valence-electron chi connectivity index (χ1n) is 11.2. The second kappa shape index (κ2) is 10.7. The Morgan fingerprint density at radius 1 is 1.23 bits per heavy atom. The Balaban J connectivity index is 0.00000256. The van der Waals surface area contributed by atoms with Gasteiger partial charge in [0.1, 0.15) is 5.82 Å². The quantitative estimate of drug-likeness (QED) is 0.328. The minimum absolute atomic E-state index is 0. The molecule has 0 saturated heterocycles. The summed E-state index contributed by atoms with van der Waals surface area (Å²) in [6.07, 6.45) is 10.8. The summed E-state index contributed by atoms with van der Waals surface area (Å²) in [5, 5.41) is 15.7. The SMILES string of the molecule is CCNC(=NCCc1nnc2ccccn12)NC1CC(OCC)C12CCCCC2.I. The minimum atomic E-state index is 0. The molecule has 2 saturated carbocycles. The van der Waals surface area contributed by atoms with Crippen molar-refractivity contribution in [2.45, 2.75) is 70.9 Å². The third-order valence-electron chi connectivity index (χ3n) is 6.58. The van der Waals surface area contributed by atoms with E-state index >= 15 is 0 Å². The molecule has 7 nitrogen and oxygen atoms in total. The van der Waals surface area contributed by atoms with Gasteiger partial charge >= 0.3 is 0 Å². The summed E-state index contributed by atoms with van der Waals surface area (Å²) in [6.45, 7) is 6.56. The van der Waals surface area contributed by atoms with Crippen LogP contribution in [0.4, 0.5) is 0 Å². The summed E-state index contributed by atoms with van der Waals surface area (Å²) in [5.74, 6) is 1.86. The Morgan fingerprint density at radius 2 is 2.07 bits per heavy atom. The molecule has 2 aromatic heterocycles. The zero-order chi connectivity index (χ0) is 20.1. The molecule has 2 N–H and O–H groups in total. The first-order chi connectivity index (χ1) is 14.3. The van der Waals surface area contributed by atoms with Gasteiger partial charge in [0.2, 0.25) is 0 Å². The number of hydrogen-bond donors (Lipinski definition) is 2. The summed E-state index contributed by atoms with van der Waals surface area (Å²) in [7, 11) is 0. The number of fused-ring (bicyclic) bond motifs is 1. The van der Waals surface area contributed by atoms with E-state index in [9.17, 15) is 0 Å². The lowest BCUT2D eigenvalue weighted by Gasteiger charge is -2.58. The Hall–Kier alpha value is -1.42. The van der Waals surface area contributed by atoms with Gasteiger partial charge in [-0.2, -0.15) is 0 Å². The zero-order valence-corrected chi connectivity index (χ0v) is 20.5. The third-order valence-corrected chi connectivity index (χ3v) is 6.58. The topological polar surface area (TPSA) is 75.8 Å². The van der Waals surface area contributed by atoms with Crippen LogP contribution in [0.25, 0.3) is 5.65 Å². The van der Waals surface area contributed by atoms with Crippen molar-refractivity contribution >= 4 is 35.6 Å². The number of rotatable bonds is 7. The van der Waals surface area contributed by atoms with Gasteiger partial charge in [0.25, 0.3) is 0 Å². The Labute approximate surface area is 196 Å². The molecule has 1 spiro atoms. The molecule has 0 bridgehead atoms. The third kappa shape index (κ3) is 4.74. The molecule has 2 heterocycles. The maximum Gasteiger partial charge on any atom is 0.191 e. The average Bonchev–Trinajstić information content (AvgIpc) is 3.17. The molecule has 2 aliphatic rings. The number of hydrogen-bond acceptors (Lipinski definition) is 4. The standard InChI is InChI=1S/C22H34N6O.HI/c1-3-23-21(24-14-11-20-27-26-19-10-6-9-15-28(19)20)25-17-16-18(29-4-2)22(17)12-7-5-8-13-22;/h6,9-10,15,17-18H,3-5,7-8,11-14,16H2,1-2H3,(H2,23,24,25);1H. The number of ether oxygens (including phenoxy) is 1. The predicted octanol–water partition coefficient (Wildman–Crippen LogP) is 3.57. The molecule has 0 radical (unpaired) electrons. The van der Waals surface area contributed by atoms with E-state index in [1.54, 1.807) is 0 Å². The smallest absolute Gasteiger partial charge is 0.191 e. The highest BCUT2D eigenvalue weighted by Crippen LogP contribution is 2.53. The van der Waals surface area contributed by atoms with Crippen LogP contribution in [0.15, 0.2) is 29.4 Å². The summed E-state index contributed by atoms with van der Waals surface area (Å²) in [6, 6.07) is 6.41. The van der Waals surface area contributed by atoms with E-state index in [0.29, 0.717) is 18.7 Å². The van der Waals surface area contributed by atoms with Gasteiger partial charge in [0.15, 0.2) is 11.6 Å². The number of halogens is 1. The first-order valence-corrected chi connectivity index (χ1v) is 11.2. The highest BCUT2D eigenvalue weighted by molar-refractivity contribution is 14.0.